The van der Waals surface area contributed by atoms with Gasteiger partial charge in [-0.2, -0.15) is 0 Å². The summed E-state index contributed by atoms with van der Waals surface area (Å²) < 4.78 is 8.86. The molecule has 0 aromatic carbocycles. The molecular formula is C20H22N4O3. The van der Waals surface area contributed by atoms with Crippen molar-refractivity contribution in [3.05, 3.63) is 51.3 Å². The summed E-state index contributed by atoms with van der Waals surface area (Å²) in [6.07, 6.45) is 5.71. The zero-order chi connectivity index (χ0) is 18.4. The molecule has 2 fully saturated rings. The van der Waals surface area contributed by atoms with Crippen LogP contribution in [0, 0.1) is 0 Å². The molecule has 1 aliphatic carbocycles. The van der Waals surface area contributed by atoms with Gasteiger partial charge < -0.3 is 13.9 Å². The quantitative estimate of drug-likeness (QED) is 0.653. The molecule has 0 spiro atoms. The molecule has 7 nitrogen and oxygen atoms in total. The molecule has 4 heterocycles. The fourth-order valence-electron chi connectivity index (χ4n) is 3.77. The minimum absolute atomic E-state index is 0.0486. The van der Waals surface area contributed by atoms with Gasteiger partial charge in [0.25, 0.3) is 11.1 Å². The summed E-state index contributed by atoms with van der Waals surface area (Å²) in [4.78, 5) is 32.6. The third-order valence-electron chi connectivity index (χ3n) is 5.54. The highest BCUT2D eigenvalue weighted by Gasteiger charge is 2.25. The number of hydrogen-bond acceptors (Lipinski definition) is 5. The Morgan fingerprint density at radius 3 is 2.41 bits per heavy atom. The van der Waals surface area contributed by atoms with Crippen LogP contribution >= 0.6 is 0 Å². The molecule has 140 valence electrons. The predicted octanol–water partition coefficient (Wildman–Crippen LogP) is 1.38. The van der Waals surface area contributed by atoms with Crippen molar-refractivity contribution in [3.8, 4) is 0 Å². The van der Waals surface area contributed by atoms with E-state index >= 15 is 0 Å². The van der Waals surface area contributed by atoms with E-state index in [1.165, 1.54) is 0 Å². The molecule has 3 aromatic rings. The third-order valence-corrected chi connectivity index (χ3v) is 5.54. The Bertz CT molecular complexity index is 1120. The van der Waals surface area contributed by atoms with Gasteiger partial charge in [-0.15, -0.1) is 0 Å². The van der Waals surface area contributed by atoms with Gasteiger partial charge in [0.15, 0.2) is 0 Å². The lowest BCUT2D eigenvalue weighted by atomic mass is 10.2. The van der Waals surface area contributed by atoms with E-state index in [4.69, 9.17) is 4.74 Å². The molecule has 1 saturated carbocycles. The summed E-state index contributed by atoms with van der Waals surface area (Å²) in [6, 6.07) is 5.77. The van der Waals surface area contributed by atoms with Crippen LogP contribution in [-0.4, -0.2) is 51.9 Å². The highest BCUT2D eigenvalue weighted by Crippen LogP contribution is 2.33. The average Bonchev–Trinajstić information content (AvgIpc) is 3.53. The highest BCUT2D eigenvalue weighted by atomic mass is 16.5. The van der Waals surface area contributed by atoms with Crippen molar-refractivity contribution in [1.29, 1.82) is 0 Å². The van der Waals surface area contributed by atoms with E-state index in [9.17, 15) is 9.59 Å². The first kappa shape index (κ1) is 16.6. The fourth-order valence-corrected chi connectivity index (χ4v) is 3.77. The molecule has 1 saturated heterocycles. The number of hydrogen-bond donors (Lipinski definition) is 0. The molecule has 27 heavy (non-hydrogen) atoms. The van der Waals surface area contributed by atoms with Gasteiger partial charge in [-0.3, -0.25) is 14.5 Å². The standard InChI is InChI=1S/C20H22N4O3/c25-19-15-13-16-18(4-6-24(20(16)26)14-1-2-14)21-17(15)3-5-23(19)8-7-22-9-11-27-12-10-22/h3-6,13-14H,1-2,7-12H2. The molecule has 0 bridgehead atoms. The van der Waals surface area contributed by atoms with Crippen molar-refractivity contribution in [3.63, 3.8) is 0 Å². The van der Waals surface area contributed by atoms with Gasteiger partial charge in [0, 0.05) is 44.6 Å². The van der Waals surface area contributed by atoms with E-state index < -0.39 is 0 Å². The smallest absolute Gasteiger partial charge is 0.260 e. The first-order valence-electron chi connectivity index (χ1n) is 9.56. The lowest BCUT2D eigenvalue weighted by molar-refractivity contribution is 0.0363. The predicted molar refractivity (Wildman–Crippen MR) is 103 cm³/mol. The maximum Gasteiger partial charge on any atom is 0.260 e. The van der Waals surface area contributed by atoms with Gasteiger partial charge in [-0.05, 0) is 31.0 Å². The second-order valence-electron chi connectivity index (χ2n) is 7.38. The zero-order valence-corrected chi connectivity index (χ0v) is 15.1. The molecule has 0 N–H and O–H groups in total. The molecule has 7 heteroatoms. The van der Waals surface area contributed by atoms with Crippen LogP contribution in [0.1, 0.15) is 18.9 Å². The van der Waals surface area contributed by atoms with Crippen LogP contribution in [0.15, 0.2) is 40.2 Å². The summed E-state index contributed by atoms with van der Waals surface area (Å²) in [5.41, 5.74) is 1.15. The van der Waals surface area contributed by atoms with Crippen LogP contribution < -0.4 is 11.1 Å². The Kier molecular flexibility index (Phi) is 4.06. The summed E-state index contributed by atoms with van der Waals surface area (Å²) in [7, 11) is 0. The topological polar surface area (TPSA) is 69.4 Å². The molecule has 0 atom stereocenters. The number of fused-ring (bicyclic) bond motifs is 2. The van der Waals surface area contributed by atoms with Crippen molar-refractivity contribution < 1.29 is 4.74 Å². The summed E-state index contributed by atoms with van der Waals surface area (Å²) in [5.74, 6) is 0. The Labute approximate surface area is 155 Å². The molecule has 3 aromatic heterocycles. The average molecular weight is 366 g/mol. The molecule has 1 aliphatic heterocycles. The maximum absolute atomic E-state index is 13.0. The number of ether oxygens (including phenoxy) is 1. The Morgan fingerprint density at radius 1 is 0.963 bits per heavy atom. The number of morpholine rings is 1. The maximum atomic E-state index is 13.0. The SMILES string of the molecule is O=c1c2cc3c(=O)n(C4CC4)ccc3nc2ccn1CCN1CCOCC1. The molecule has 0 radical (unpaired) electrons. The second-order valence-corrected chi connectivity index (χ2v) is 7.38. The zero-order valence-electron chi connectivity index (χ0n) is 15.1. The Hall–Kier alpha value is -2.51. The lowest BCUT2D eigenvalue weighted by Crippen LogP contribution is -2.39. The molecule has 2 aliphatic rings. The first-order valence-corrected chi connectivity index (χ1v) is 9.56. The van der Waals surface area contributed by atoms with Gasteiger partial charge in [-0.1, -0.05) is 0 Å². The molecular weight excluding hydrogens is 344 g/mol. The fraction of sp³-hybridized carbons (Fsp3) is 0.450. The van der Waals surface area contributed by atoms with Crippen LogP contribution in [0.5, 0.6) is 0 Å². The van der Waals surface area contributed by atoms with Gasteiger partial charge >= 0.3 is 0 Å². The van der Waals surface area contributed by atoms with Crippen LogP contribution in [0.3, 0.4) is 0 Å². The van der Waals surface area contributed by atoms with Crippen molar-refractivity contribution >= 4 is 21.8 Å². The largest absolute Gasteiger partial charge is 0.379 e. The van der Waals surface area contributed by atoms with E-state index in [0.29, 0.717) is 34.4 Å². The van der Waals surface area contributed by atoms with Crippen molar-refractivity contribution in [2.45, 2.75) is 25.4 Å². The van der Waals surface area contributed by atoms with Gasteiger partial charge in [-0.25, -0.2) is 4.98 Å². The van der Waals surface area contributed by atoms with E-state index in [1.807, 2.05) is 18.3 Å². The minimum atomic E-state index is -0.0867. The highest BCUT2D eigenvalue weighted by molar-refractivity contribution is 5.91. The van der Waals surface area contributed by atoms with E-state index in [0.717, 1.165) is 45.7 Å². The van der Waals surface area contributed by atoms with E-state index in [1.54, 1.807) is 21.4 Å². The molecule has 5 rings (SSSR count). The van der Waals surface area contributed by atoms with Gasteiger partial charge in [0.05, 0.1) is 35.0 Å². The number of rotatable bonds is 4. The van der Waals surface area contributed by atoms with Gasteiger partial charge in [0.2, 0.25) is 0 Å². The monoisotopic (exact) mass is 366 g/mol. The summed E-state index contributed by atoms with van der Waals surface area (Å²) in [5, 5.41) is 1.04. The summed E-state index contributed by atoms with van der Waals surface area (Å²) in [6.45, 7) is 4.72. The minimum Gasteiger partial charge on any atom is -0.379 e. The van der Waals surface area contributed by atoms with Crippen molar-refractivity contribution in [2.24, 2.45) is 0 Å². The van der Waals surface area contributed by atoms with Crippen LogP contribution in [0.4, 0.5) is 0 Å². The van der Waals surface area contributed by atoms with Crippen molar-refractivity contribution in [1.82, 2.24) is 19.0 Å². The van der Waals surface area contributed by atoms with E-state index in [2.05, 4.69) is 9.88 Å². The lowest BCUT2D eigenvalue weighted by Gasteiger charge is -2.26. The molecule has 0 unspecified atom stereocenters. The number of aromatic nitrogens is 3. The van der Waals surface area contributed by atoms with Gasteiger partial charge in [0.1, 0.15) is 0 Å². The first-order chi connectivity index (χ1) is 13.2. The Balaban J connectivity index is 1.53. The number of nitrogens with zero attached hydrogens (tertiary/aromatic N) is 4. The van der Waals surface area contributed by atoms with Crippen LogP contribution in [0.2, 0.25) is 0 Å². The van der Waals surface area contributed by atoms with Crippen molar-refractivity contribution in [2.75, 3.05) is 32.8 Å². The Morgan fingerprint density at radius 2 is 1.67 bits per heavy atom. The number of pyridine rings is 3. The normalized spacial score (nSPS) is 18.4. The van der Waals surface area contributed by atoms with E-state index in [-0.39, 0.29) is 11.1 Å². The molecule has 0 amide bonds. The second kappa shape index (κ2) is 6.58. The van der Waals surface area contributed by atoms with Crippen LogP contribution in [0.25, 0.3) is 21.8 Å². The summed E-state index contributed by atoms with van der Waals surface area (Å²) >= 11 is 0. The third kappa shape index (κ3) is 3.07. The van der Waals surface area contributed by atoms with Crippen LogP contribution in [-0.2, 0) is 11.3 Å².